The first-order valence-corrected chi connectivity index (χ1v) is 15.8. The molecule has 1 aromatic carbocycles. The van der Waals surface area contributed by atoms with Crippen LogP contribution in [-0.2, 0) is 11.3 Å². The lowest BCUT2D eigenvalue weighted by atomic mass is 10.1. The molecule has 1 fully saturated rings. The Morgan fingerprint density at radius 2 is 1.61 bits per heavy atom. The molecule has 1 aromatic rings. The molecule has 2 nitrogen and oxygen atoms in total. The highest BCUT2D eigenvalue weighted by Gasteiger charge is 2.74. The van der Waals surface area contributed by atoms with Gasteiger partial charge in [-0.05, 0) is 11.5 Å². The lowest BCUT2D eigenvalue weighted by Crippen LogP contribution is -2.59. The van der Waals surface area contributed by atoms with Crippen molar-refractivity contribution in [2.45, 2.75) is 70.9 Å². The molecule has 0 amide bonds. The maximum Gasteiger partial charge on any atom is 0.129 e. The monoisotopic (exact) mass is 347 g/mol. The van der Waals surface area contributed by atoms with Gasteiger partial charge in [0.1, 0.15) is 13.5 Å². The fourth-order valence-corrected chi connectivity index (χ4v) is 11.0. The molecule has 0 aromatic heterocycles. The lowest BCUT2D eigenvalue weighted by Gasteiger charge is -2.34. The Bertz CT molecular complexity index is 571. The van der Waals surface area contributed by atoms with Gasteiger partial charge in [-0.15, -0.1) is 0 Å². The zero-order valence-corrected chi connectivity index (χ0v) is 18.1. The van der Waals surface area contributed by atoms with Crippen molar-refractivity contribution in [3.63, 3.8) is 0 Å². The third-order valence-corrected chi connectivity index (χ3v) is 10.2. The first kappa shape index (κ1) is 18.6. The van der Waals surface area contributed by atoms with Gasteiger partial charge in [0.2, 0.25) is 0 Å². The molecule has 2 rings (SSSR count). The smallest absolute Gasteiger partial charge is 0.129 e. The van der Waals surface area contributed by atoms with E-state index in [0.29, 0.717) is 17.4 Å². The molecule has 1 heterocycles. The number of benzene rings is 1. The number of carbonyl (C=O) groups excluding carboxylic acids is 1. The molecule has 0 saturated carbocycles. The van der Waals surface area contributed by atoms with Crippen LogP contribution in [0.15, 0.2) is 30.3 Å². The molecule has 1 aliphatic rings. The van der Waals surface area contributed by atoms with Crippen LogP contribution in [0, 0.1) is 5.92 Å². The van der Waals surface area contributed by atoms with Crippen LogP contribution >= 0.6 is 0 Å². The van der Waals surface area contributed by atoms with Gasteiger partial charge >= 0.3 is 0 Å². The largest absolute Gasteiger partial charge is 0.304 e. The van der Waals surface area contributed by atoms with E-state index >= 15 is 0 Å². The van der Waals surface area contributed by atoms with Gasteiger partial charge in [0, 0.05) is 12.6 Å². The van der Waals surface area contributed by atoms with Crippen molar-refractivity contribution in [2.24, 2.45) is 5.92 Å². The van der Waals surface area contributed by atoms with E-state index in [1.54, 1.807) is 0 Å². The number of rotatable bonds is 6. The molecule has 0 bridgehead atoms. The molecule has 3 atom stereocenters. The summed E-state index contributed by atoms with van der Waals surface area (Å²) in [5.74, 6) is 0.519. The molecule has 23 heavy (non-hydrogen) atoms. The summed E-state index contributed by atoms with van der Waals surface area (Å²) in [5, 5.41) is 0.417. The maximum absolute atomic E-state index is 13.6. The van der Waals surface area contributed by atoms with E-state index in [2.05, 4.69) is 88.4 Å². The molecule has 1 unspecified atom stereocenters. The first-order chi connectivity index (χ1) is 10.4. The van der Waals surface area contributed by atoms with Crippen molar-refractivity contribution in [1.82, 2.24) is 4.90 Å². The summed E-state index contributed by atoms with van der Waals surface area (Å²) in [4.78, 5) is 16.1. The van der Waals surface area contributed by atoms with E-state index in [-0.39, 0.29) is 5.16 Å². The Morgan fingerprint density at radius 1 is 1.09 bits per heavy atom. The van der Waals surface area contributed by atoms with E-state index in [0.717, 1.165) is 6.54 Å². The molecule has 128 valence electrons. The van der Waals surface area contributed by atoms with Gasteiger partial charge in [-0.2, -0.15) is 0 Å². The molecule has 4 heteroatoms. The molecule has 0 radical (unpaired) electrons. The highest BCUT2D eigenvalue weighted by molar-refractivity contribution is 7.09. The minimum atomic E-state index is -1.84. The average Bonchev–Trinajstić information content (AvgIpc) is 3.07. The summed E-state index contributed by atoms with van der Waals surface area (Å²) >= 11 is 0. The lowest BCUT2D eigenvalue weighted by molar-refractivity contribution is -0.114. The van der Waals surface area contributed by atoms with Gasteiger partial charge in [0.25, 0.3) is 0 Å². The Balaban J connectivity index is 2.45. The van der Waals surface area contributed by atoms with Gasteiger partial charge < -0.3 is 4.79 Å². The molecule has 0 aliphatic carbocycles. The zero-order valence-electron chi connectivity index (χ0n) is 16.1. The second kappa shape index (κ2) is 5.97. The van der Waals surface area contributed by atoms with Crippen molar-refractivity contribution in [3.8, 4) is 0 Å². The molecular weight excluding hydrogens is 314 g/mol. The highest BCUT2D eigenvalue weighted by atomic mass is 28.3. The second-order valence-electron chi connectivity index (χ2n) is 9.40. The van der Waals surface area contributed by atoms with Crippen LogP contribution in [0.2, 0.25) is 39.3 Å². The Hall–Kier alpha value is -0.716. The third-order valence-electron chi connectivity index (χ3n) is 5.15. The minimum absolute atomic E-state index is 0.165. The fourth-order valence-electron chi connectivity index (χ4n) is 4.26. The van der Waals surface area contributed by atoms with Gasteiger partial charge in [0.15, 0.2) is 0 Å². The van der Waals surface area contributed by atoms with Crippen molar-refractivity contribution in [2.75, 3.05) is 0 Å². The third kappa shape index (κ3) is 3.13. The van der Waals surface area contributed by atoms with Gasteiger partial charge in [-0.25, -0.2) is 0 Å². The summed E-state index contributed by atoms with van der Waals surface area (Å²) in [7, 11) is -3.51. The average molecular weight is 348 g/mol. The molecule has 0 N–H and O–H groups in total. The van der Waals surface area contributed by atoms with Crippen LogP contribution in [0.4, 0.5) is 0 Å². The van der Waals surface area contributed by atoms with Crippen molar-refractivity contribution in [3.05, 3.63) is 35.9 Å². The van der Waals surface area contributed by atoms with Crippen LogP contribution in [0.1, 0.15) is 19.4 Å². The standard InChI is InChI=1S/C19H33NOSi2/c1-15(2)17-19(23(6,7)8,18(21)22(3,4)5)20(17)14-16-12-10-9-11-13-16/h9-13,15,17H,14H2,1-8H3/t17-,19+,20?/m0/s1. The first-order valence-electron chi connectivity index (χ1n) is 8.79. The normalized spacial score (nSPS) is 28.0. The number of nitrogens with zero attached hydrogens (tertiary/aromatic N) is 1. The summed E-state index contributed by atoms with van der Waals surface area (Å²) in [6.07, 6.45) is 0. The van der Waals surface area contributed by atoms with E-state index in [1.165, 1.54) is 5.56 Å². The minimum Gasteiger partial charge on any atom is -0.304 e. The van der Waals surface area contributed by atoms with E-state index < -0.39 is 16.1 Å². The molecule has 1 saturated heterocycles. The van der Waals surface area contributed by atoms with E-state index in [9.17, 15) is 4.79 Å². The quantitative estimate of drug-likeness (QED) is 0.554. The van der Waals surface area contributed by atoms with Crippen molar-refractivity contribution >= 4 is 21.6 Å². The van der Waals surface area contributed by atoms with Crippen molar-refractivity contribution < 1.29 is 4.79 Å². The van der Waals surface area contributed by atoms with Crippen LogP contribution in [0.5, 0.6) is 0 Å². The summed E-state index contributed by atoms with van der Waals surface area (Å²) in [5.41, 5.74) is 1.32. The van der Waals surface area contributed by atoms with E-state index in [1.807, 2.05) is 0 Å². The summed E-state index contributed by atoms with van der Waals surface area (Å²) in [6, 6.07) is 11.0. The topological polar surface area (TPSA) is 20.1 Å². The summed E-state index contributed by atoms with van der Waals surface area (Å²) < 4.78 is 0. The number of hydrogen-bond acceptors (Lipinski definition) is 2. The SMILES string of the molecule is CC(C)[C@@H]1N(Cc2ccccc2)[C@@]1(C(=O)[Si](C)(C)C)[Si](C)(C)C. The van der Waals surface area contributed by atoms with Crippen molar-refractivity contribution in [1.29, 1.82) is 0 Å². The Kier molecular flexibility index (Phi) is 4.84. The maximum atomic E-state index is 13.6. The highest BCUT2D eigenvalue weighted by Crippen LogP contribution is 2.54. The predicted molar refractivity (Wildman–Crippen MR) is 105 cm³/mol. The number of hydrogen-bond donors (Lipinski definition) is 0. The van der Waals surface area contributed by atoms with Gasteiger partial charge in [-0.1, -0.05) is 83.5 Å². The Labute approximate surface area is 144 Å². The fraction of sp³-hybridized carbons (Fsp3) is 0.632. The van der Waals surface area contributed by atoms with Gasteiger partial charge in [-0.3, -0.25) is 4.90 Å². The van der Waals surface area contributed by atoms with Crippen LogP contribution in [0.25, 0.3) is 0 Å². The number of carbonyl (C=O) groups is 1. The van der Waals surface area contributed by atoms with Gasteiger partial charge in [0.05, 0.1) is 13.2 Å². The zero-order chi connectivity index (χ0) is 17.6. The molecular formula is C19H33NOSi2. The van der Waals surface area contributed by atoms with Crippen LogP contribution in [-0.4, -0.2) is 37.7 Å². The molecule has 0 spiro atoms. The predicted octanol–water partition coefficient (Wildman–Crippen LogP) is 4.59. The Morgan fingerprint density at radius 3 is 2.00 bits per heavy atom. The van der Waals surface area contributed by atoms with Crippen LogP contribution < -0.4 is 0 Å². The second-order valence-corrected chi connectivity index (χ2v) is 19.6. The van der Waals surface area contributed by atoms with E-state index in [4.69, 9.17) is 0 Å². The summed E-state index contributed by atoms with van der Waals surface area (Å²) in [6.45, 7) is 19.3. The molecule has 1 aliphatic heterocycles. The van der Waals surface area contributed by atoms with Crippen LogP contribution in [0.3, 0.4) is 0 Å².